The highest BCUT2D eigenvalue weighted by Crippen LogP contribution is 2.21. The Bertz CT molecular complexity index is 451. The van der Waals surface area contributed by atoms with Crippen molar-refractivity contribution in [1.82, 2.24) is 9.80 Å². The molecule has 7 heteroatoms. The summed E-state index contributed by atoms with van der Waals surface area (Å²) in [5.41, 5.74) is -1.13. The van der Waals surface area contributed by atoms with Gasteiger partial charge in [-0.2, -0.15) is 0 Å². The molecular formula is C17H32N2O5. The van der Waals surface area contributed by atoms with E-state index in [2.05, 4.69) is 0 Å². The van der Waals surface area contributed by atoms with Crippen LogP contribution in [0.4, 0.5) is 9.59 Å². The lowest BCUT2D eigenvalue weighted by molar-refractivity contribution is -0.0178. The van der Waals surface area contributed by atoms with Gasteiger partial charge in [0.2, 0.25) is 0 Å². The molecule has 1 heterocycles. The maximum absolute atomic E-state index is 12.2. The quantitative estimate of drug-likeness (QED) is 0.832. The van der Waals surface area contributed by atoms with Crippen LogP contribution in [0, 0.1) is 5.92 Å². The topological polar surface area (TPSA) is 79.3 Å². The minimum atomic E-state index is -0.570. The first-order valence-electron chi connectivity index (χ1n) is 8.38. The molecule has 1 rings (SSSR count). The van der Waals surface area contributed by atoms with Crippen LogP contribution < -0.4 is 0 Å². The van der Waals surface area contributed by atoms with Gasteiger partial charge in [0.25, 0.3) is 0 Å². The number of amides is 2. The van der Waals surface area contributed by atoms with Gasteiger partial charge in [0.05, 0.1) is 6.10 Å². The van der Waals surface area contributed by atoms with Gasteiger partial charge in [-0.3, -0.25) is 0 Å². The van der Waals surface area contributed by atoms with Crippen LogP contribution in [0.25, 0.3) is 0 Å². The number of rotatable bonds is 2. The molecule has 2 unspecified atom stereocenters. The Labute approximate surface area is 144 Å². The van der Waals surface area contributed by atoms with Gasteiger partial charge in [0.1, 0.15) is 11.2 Å². The molecule has 140 valence electrons. The highest BCUT2D eigenvalue weighted by molar-refractivity contribution is 5.69. The smallest absolute Gasteiger partial charge is 0.410 e. The summed E-state index contributed by atoms with van der Waals surface area (Å²) in [6, 6.07) is 0. The largest absolute Gasteiger partial charge is 0.444 e. The molecule has 0 bridgehead atoms. The molecule has 0 aromatic heterocycles. The fourth-order valence-electron chi connectivity index (χ4n) is 2.46. The Hall–Kier alpha value is -1.50. The van der Waals surface area contributed by atoms with Gasteiger partial charge in [-0.25, -0.2) is 9.59 Å². The maximum Gasteiger partial charge on any atom is 0.410 e. The molecular weight excluding hydrogens is 312 g/mol. The number of carbonyl (C=O) groups excluding carboxylic acids is 2. The summed E-state index contributed by atoms with van der Waals surface area (Å²) in [6.45, 7) is 12.0. The molecule has 2 atom stereocenters. The number of aliphatic hydroxyl groups excluding tert-OH is 1. The minimum Gasteiger partial charge on any atom is -0.444 e. The Morgan fingerprint density at radius 1 is 1.12 bits per heavy atom. The molecule has 0 aliphatic carbocycles. The number of hydrogen-bond acceptors (Lipinski definition) is 5. The van der Waals surface area contributed by atoms with E-state index in [1.807, 2.05) is 20.8 Å². The summed E-state index contributed by atoms with van der Waals surface area (Å²) >= 11 is 0. The number of piperidine rings is 1. The first-order chi connectivity index (χ1) is 10.8. The second kappa shape index (κ2) is 7.59. The van der Waals surface area contributed by atoms with Crippen molar-refractivity contribution in [3.05, 3.63) is 0 Å². The lowest BCUT2D eigenvalue weighted by atomic mass is 9.94. The van der Waals surface area contributed by atoms with Crippen molar-refractivity contribution in [2.24, 2.45) is 5.92 Å². The fraction of sp³-hybridized carbons (Fsp3) is 0.882. The van der Waals surface area contributed by atoms with Gasteiger partial charge >= 0.3 is 12.2 Å². The predicted octanol–water partition coefficient (Wildman–Crippen LogP) is 2.47. The Morgan fingerprint density at radius 3 is 2.17 bits per heavy atom. The summed E-state index contributed by atoms with van der Waals surface area (Å²) in [6.07, 6.45) is -0.927. The van der Waals surface area contributed by atoms with E-state index in [-0.39, 0.29) is 12.0 Å². The van der Waals surface area contributed by atoms with Crippen LogP contribution in [-0.4, -0.2) is 71.1 Å². The van der Waals surface area contributed by atoms with Crippen molar-refractivity contribution in [2.45, 2.75) is 65.3 Å². The SMILES string of the molecule is CN(CC1CN(C(=O)OC(C)(C)C)CCC1O)C(=O)OC(C)(C)C. The number of carbonyl (C=O) groups is 2. The van der Waals surface area contributed by atoms with E-state index in [0.29, 0.717) is 26.1 Å². The molecule has 7 nitrogen and oxygen atoms in total. The van der Waals surface area contributed by atoms with Crippen LogP contribution in [0.1, 0.15) is 48.0 Å². The average molecular weight is 344 g/mol. The van der Waals surface area contributed by atoms with E-state index in [4.69, 9.17) is 9.47 Å². The van der Waals surface area contributed by atoms with Gasteiger partial charge in [0, 0.05) is 32.6 Å². The molecule has 1 aliphatic heterocycles. The zero-order valence-corrected chi connectivity index (χ0v) is 16.0. The van der Waals surface area contributed by atoms with E-state index < -0.39 is 23.4 Å². The van der Waals surface area contributed by atoms with Crippen molar-refractivity contribution in [1.29, 1.82) is 0 Å². The molecule has 1 N–H and O–H groups in total. The van der Waals surface area contributed by atoms with Crippen LogP contribution in [0.3, 0.4) is 0 Å². The zero-order valence-electron chi connectivity index (χ0n) is 16.0. The first-order valence-corrected chi connectivity index (χ1v) is 8.38. The van der Waals surface area contributed by atoms with Crippen molar-refractivity contribution < 1.29 is 24.2 Å². The summed E-state index contributed by atoms with van der Waals surface area (Å²) in [5.74, 6) is -0.233. The summed E-state index contributed by atoms with van der Waals surface area (Å²) in [7, 11) is 1.63. The molecule has 1 saturated heterocycles. The van der Waals surface area contributed by atoms with E-state index >= 15 is 0 Å². The lowest BCUT2D eigenvalue weighted by Gasteiger charge is -2.38. The summed E-state index contributed by atoms with van der Waals surface area (Å²) in [5, 5.41) is 10.2. The Balaban J connectivity index is 2.63. The third-order valence-corrected chi connectivity index (χ3v) is 3.56. The predicted molar refractivity (Wildman–Crippen MR) is 90.8 cm³/mol. The molecule has 0 aromatic rings. The van der Waals surface area contributed by atoms with Crippen molar-refractivity contribution in [2.75, 3.05) is 26.7 Å². The monoisotopic (exact) mass is 344 g/mol. The van der Waals surface area contributed by atoms with Crippen molar-refractivity contribution in [3.8, 4) is 0 Å². The molecule has 2 amide bonds. The van der Waals surface area contributed by atoms with E-state index in [1.54, 1.807) is 32.7 Å². The number of hydrogen-bond donors (Lipinski definition) is 1. The first kappa shape index (κ1) is 20.5. The van der Waals surface area contributed by atoms with Crippen LogP contribution >= 0.6 is 0 Å². The second-order valence-corrected chi connectivity index (χ2v) is 8.40. The highest BCUT2D eigenvalue weighted by atomic mass is 16.6. The molecule has 1 aliphatic rings. The molecule has 0 radical (unpaired) electrons. The second-order valence-electron chi connectivity index (χ2n) is 8.40. The number of nitrogens with zero attached hydrogens (tertiary/aromatic N) is 2. The van der Waals surface area contributed by atoms with Gasteiger partial charge in [-0.05, 0) is 48.0 Å². The van der Waals surface area contributed by atoms with Gasteiger partial charge in [-0.1, -0.05) is 0 Å². The molecule has 0 saturated carbocycles. The fourth-order valence-corrected chi connectivity index (χ4v) is 2.46. The minimum absolute atomic E-state index is 0.233. The third kappa shape index (κ3) is 6.95. The number of aliphatic hydroxyl groups is 1. The number of likely N-dealkylation sites (tertiary alicyclic amines) is 1. The van der Waals surface area contributed by atoms with Crippen LogP contribution in [0.5, 0.6) is 0 Å². The third-order valence-electron chi connectivity index (χ3n) is 3.56. The summed E-state index contributed by atoms with van der Waals surface area (Å²) < 4.78 is 10.7. The molecule has 0 aromatic carbocycles. The highest BCUT2D eigenvalue weighted by Gasteiger charge is 2.34. The van der Waals surface area contributed by atoms with Crippen LogP contribution in [-0.2, 0) is 9.47 Å². The van der Waals surface area contributed by atoms with Crippen LogP contribution in [0.2, 0.25) is 0 Å². The van der Waals surface area contributed by atoms with E-state index in [9.17, 15) is 14.7 Å². The summed E-state index contributed by atoms with van der Waals surface area (Å²) in [4.78, 5) is 27.3. The maximum atomic E-state index is 12.2. The van der Waals surface area contributed by atoms with E-state index in [0.717, 1.165) is 0 Å². The van der Waals surface area contributed by atoms with Crippen molar-refractivity contribution >= 4 is 12.2 Å². The van der Waals surface area contributed by atoms with Gasteiger partial charge < -0.3 is 24.4 Å². The van der Waals surface area contributed by atoms with Crippen molar-refractivity contribution in [3.63, 3.8) is 0 Å². The Kier molecular flexibility index (Phi) is 6.50. The van der Waals surface area contributed by atoms with E-state index in [1.165, 1.54) is 4.90 Å². The lowest BCUT2D eigenvalue weighted by Crippen LogP contribution is -2.51. The van der Waals surface area contributed by atoms with Gasteiger partial charge in [0.15, 0.2) is 0 Å². The Morgan fingerprint density at radius 2 is 1.67 bits per heavy atom. The molecule has 1 fully saturated rings. The van der Waals surface area contributed by atoms with Crippen LogP contribution in [0.15, 0.2) is 0 Å². The zero-order chi connectivity index (χ0) is 18.7. The molecule has 0 spiro atoms. The standard InChI is InChI=1S/C17H32N2O5/c1-16(2,3)23-14(21)18(7)10-12-11-19(9-8-13(12)20)15(22)24-17(4,5)6/h12-13,20H,8-11H2,1-7H3. The average Bonchev–Trinajstić information content (AvgIpc) is 2.37. The van der Waals surface area contributed by atoms with Gasteiger partial charge in [-0.15, -0.1) is 0 Å². The normalized spacial score (nSPS) is 22.1. The molecule has 24 heavy (non-hydrogen) atoms. The number of ether oxygens (including phenoxy) is 2.